The number of benzene rings is 2. The zero-order valence-electron chi connectivity index (χ0n) is 17.0. The Bertz CT molecular complexity index is 998. The summed E-state index contributed by atoms with van der Waals surface area (Å²) in [6.07, 6.45) is 7.50. The molecule has 30 heavy (non-hydrogen) atoms. The Labute approximate surface area is 176 Å². The molecule has 1 saturated carbocycles. The molecule has 0 aliphatic heterocycles. The van der Waals surface area contributed by atoms with Crippen LogP contribution in [-0.2, 0) is 0 Å². The van der Waals surface area contributed by atoms with Gasteiger partial charge in [0.05, 0.1) is 0 Å². The fourth-order valence-corrected chi connectivity index (χ4v) is 3.85. The summed E-state index contributed by atoms with van der Waals surface area (Å²) in [5, 5.41) is 3.23. The van der Waals surface area contributed by atoms with Crippen LogP contribution in [0.4, 0.5) is 15.9 Å². The highest BCUT2D eigenvalue weighted by Crippen LogP contribution is 2.24. The number of hydrogen-bond donors (Lipinski definition) is 1. The Kier molecular flexibility index (Phi) is 6.02. The van der Waals surface area contributed by atoms with E-state index in [1.807, 2.05) is 36.2 Å². The van der Waals surface area contributed by atoms with E-state index < -0.39 is 0 Å². The van der Waals surface area contributed by atoms with Gasteiger partial charge in [0.2, 0.25) is 0 Å². The molecule has 2 aromatic carbocycles. The van der Waals surface area contributed by atoms with Crippen molar-refractivity contribution in [3.63, 3.8) is 0 Å². The van der Waals surface area contributed by atoms with Gasteiger partial charge >= 0.3 is 0 Å². The highest BCUT2D eigenvalue weighted by Gasteiger charge is 2.22. The third-order valence-corrected chi connectivity index (χ3v) is 5.61. The highest BCUT2D eigenvalue weighted by molar-refractivity contribution is 5.94. The van der Waals surface area contributed by atoms with Gasteiger partial charge in [-0.25, -0.2) is 14.4 Å². The molecular weight excluding hydrogens is 379 g/mol. The number of rotatable bonds is 5. The summed E-state index contributed by atoms with van der Waals surface area (Å²) in [4.78, 5) is 23.4. The van der Waals surface area contributed by atoms with Crippen molar-refractivity contribution in [1.29, 1.82) is 0 Å². The van der Waals surface area contributed by atoms with Crippen LogP contribution in [0.5, 0.6) is 0 Å². The molecule has 1 aliphatic carbocycles. The molecule has 1 N–H and O–H groups in total. The normalized spacial score (nSPS) is 14.3. The predicted molar refractivity (Wildman–Crippen MR) is 116 cm³/mol. The van der Waals surface area contributed by atoms with E-state index in [9.17, 15) is 9.18 Å². The van der Waals surface area contributed by atoms with Crippen molar-refractivity contribution in [3.8, 4) is 11.4 Å². The molecule has 6 heteroatoms. The lowest BCUT2D eigenvalue weighted by atomic mass is 9.94. The van der Waals surface area contributed by atoms with Gasteiger partial charge in [0.15, 0.2) is 5.82 Å². The summed E-state index contributed by atoms with van der Waals surface area (Å²) in [6, 6.07) is 15.6. The van der Waals surface area contributed by atoms with Gasteiger partial charge in [-0.05, 0) is 67.4 Å². The van der Waals surface area contributed by atoms with Crippen molar-refractivity contribution in [2.75, 3.05) is 12.4 Å². The quantitative estimate of drug-likeness (QED) is 0.616. The first-order chi connectivity index (χ1) is 14.6. The van der Waals surface area contributed by atoms with Gasteiger partial charge in [-0.15, -0.1) is 0 Å². The lowest BCUT2D eigenvalue weighted by Gasteiger charge is -2.31. The van der Waals surface area contributed by atoms with Crippen molar-refractivity contribution in [1.82, 2.24) is 14.9 Å². The van der Waals surface area contributed by atoms with Crippen LogP contribution in [0.3, 0.4) is 0 Å². The van der Waals surface area contributed by atoms with Gasteiger partial charge < -0.3 is 10.2 Å². The minimum absolute atomic E-state index is 0.0640. The minimum Gasteiger partial charge on any atom is -0.340 e. The number of carbonyl (C=O) groups excluding carboxylic acids is 1. The molecule has 1 heterocycles. The Morgan fingerprint density at radius 1 is 1.00 bits per heavy atom. The second-order valence-electron chi connectivity index (χ2n) is 7.68. The van der Waals surface area contributed by atoms with Crippen molar-refractivity contribution in [2.24, 2.45) is 0 Å². The van der Waals surface area contributed by atoms with E-state index in [0.29, 0.717) is 23.2 Å². The molecule has 0 spiro atoms. The molecule has 154 valence electrons. The predicted octanol–water partition coefficient (Wildman–Crippen LogP) is 5.43. The summed E-state index contributed by atoms with van der Waals surface area (Å²) in [7, 11) is 1.91. The summed E-state index contributed by atoms with van der Waals surface area (Å²) < 4.78 is 13.1. The van der Waals surface area contributed by atoms with E-state index >= 15 is 0 Å². The Balaban J connectivity index is 1.44. The average molecular weight is 404 g/mol. The number of amides is 1. The fourth-order valence-electron chi connectivity index (χ4n) is 3.85. The summed E-state index contributed by atoms with van der Waals surface area (Å²) in [5.74, 6) is 0.912. The number of nitrogens with one attached hydrogen (secondary N) is 1. The monoisotopic (exact) mass is 404 g/mol. The van der Waals surface area contributed by atoms with Gasteiger partial charge in [0.25, 0.3) is 5.91 Å². The summed E-state index contributed by atoms with van der Waals surface area (Å²) in [6.45, 7) is 0. The number of hydrogen-bond acceptors (Lipinski definition) is 4. The molecule has 1 fully saturated rings. The molecule has 5 nitrogen and oxygen atoms in total. The number of nitrogens with zero attached hydrogens (tertiary/aromatic N) is 3. The Morgan fingerprint density at radius 3 is 2.40 bits per heavy atom. The van der Waals surface area contributed by atoms with Crippen molar-refractivity contribution in [2.45, 2.75) is 38.1 Å². The lowest BCUT2D eigenvalue weighted by Crippen LogP contribution is -2.38. The van der Waals surface area contributed by atoms with Crippen LogP contribution in [0, 0.1) is 5.82 Å². The molecule has 0 radical (unpaired) electrons. The van der Waals surface area contributed by atoms with Crippen LogP contribution in [0.15, 0.2) is 60.8 Å². The molecule has 1 amide bonds. The van der Waals surface area contributed by atoms with E-state index in [0.717, 1.165) is 24.1 Å². The minimum atomic E-state index is -0.295. The molecule has 4 rings (SSSR count). The van der Waals surface area contributed by atoms with E-state index in [2.05, 4.69) is 15.3 Å². The first kappa shape index (κ1) is 20.0. The van der Waals surface area contributed by atoms with Crippen LogP contribution in [0.1, 0.15) is 42.5 Å². The maximum Gasteiger partial charge on any atom is 0.253 e. The lowest BCUT2D eigenvalue weighted by molar-refractivity contribution is 0.0696. The zero-order valence-corrected chi connectivity index (χ0v) is 17.0. The van der Waals surface area contributed by atoms with Crippen LogP contribution in [0.2, 0.25) is 0 Å². The maximum atomic E-state index is 13.1. The summed E-state index contributed by atoms with van der Waals surface area (Å²) in [5.41, 5.74) is 2.26. The van der Waals surface area contributed by atoms with Gasteiger partial charge in [-0.3, -0.25) is 4.79 Å². The number of aromatic nitrogens is 2. The SMILES string of the molecule is CN(C(=O)c1ccc(Nc2ccnc(-c3ccc(F)cc3)n2)cc1)C1CCCCC1. The van der Waals surface area contributed by atoms with Crippen molar-refractivity contribution < 1.29 is 9.18 Å². The molecule has 0 atom stereocenters. The van der Waals surface area contributed by atoms with Crippen LogP contribution >= 0.6 is 0 Å². The molecule has 0 saturated heterocycles. The topological polar surface area (TPSA) is 58.1 Å². The molecule has 0 bridgehead atoms. The molecular formula is C24H25FN4O. The fraction of sp³-hybridized carbons (Fsp3) is 0.292. The van der Waals surface area contributed by atoms with Gasteiger partial charge in [-0.1, -0.05) is 19.3 Å². The molecule has 1 aromatic heterocycles. The molecule has 0 unspecified atom stereocenters. The second-order valence-corrected chi connectivity index (χ2v) is 7.68. The smallest absolute Gasteiger partial charge is 0.253 e. The first-order valence-corrected chi connectivity index (χ1v) is 10.3. The number of carbonyl (C=O) groups is 1. The third kappa shape index (κ3) is 4.64. The second kappa shape index (κ2) is 9.03. The number of anilines is 2. The van der Waals surface area contributed by atoms with E-state index in [1.165, 1.54) is 31.4 Å². The van der Waals surface area contributed by atoms with Crippen molar-refractivity contribution in [3.05, 3.63) is 72.2 Å². The Morgan fingerprint density at radius 2 is 1.70 bits per heavy atom. The van der Waals surface area contributed by atoms with Crippen LogP contribution < -0.4 is 5.32 Å². The van der Waals surface area contributed by atoms with E-state index in [-0.39, 0.29) is 11.7 Å². The van der Waals surface area contributed by atoms with Gasteiger partial charge in [0.1, 0.15) is 11.6 Å². The van der Waals surface area contributed by atoms with Crippen LogP contribution in [0.25, 0.3) is 11.4 Å². The first-order valence-electron chi connectivity index (χ1n) is 10.3. The third-order valence-electron chi connectivity index (χ3n) is 5.61. The Hall–Kier alpha value is -3.28. The highest BCUT2D eigenvalue weighted by atomic mass is 19.1. The van der Waals surface area contributed by atoms with E-state index in [1.54, 1.807) is 24.4 Å². The largest absolute Gasteiger partial charge is 0.340 e. The molecule has 3 aromatic rings. The van der Waals surface area contributed by atoms with E-state index in [4.69, 9.17) is 0 Å². The number of halogens is 1. The maximum absolute atomic E-state index is 13.1. The standard InChI is InChI=1S/C24H25FN4O/c1-29(21-5-3-2-4-6-21)24(30)18-9-13-20(14-10-18)27-22-15-16-26-23(28-22)17-7-11-19(25)12-8-17/h7-16,21H,2-6H2,1H3,(H,26,27,28). The van der Waals surface area contributed by atoms with Crippen molar-refractivity contribution >= 4 is 17.4 Å². The van der Waals surface area contributed by atoms with Crippen LogP contribution in [-0.4, -0.2) is 33.9 Å². The zero-order chi connectivity index (χ0) is 20.9. The summed E-state index contributed by atoms with van der Waals surface area (Å²) >= 11 is 0. The van der Waals surface area contributed by atoms with Gasteiger partial charge in [0, 0.05) is 36.1 Å². The molecule has 1 aliphatic rings. The average Bonchev–Trinajstić information content (AvgIpc) is 2.80. The van der Waals surface area contributed by atoms with Gasteiger partial charge in [-0.2, -0.15) is 0 Å².